The number of nitrogens with one attached hydrogen (secondary N) is 2. The lowest BCUT2D eigenvalue weighted by atomic mass is 9.86. The van der Waals surface area contributed by atoms with Gasteiger partial charge < -0.3 is 15.2 Å². The molecule has 192 valence electrons. The van der Waals surface area contributed by atoms with Gasteiger partial charge in [-0.05, 0) is 72.9 Å². The summed E-state index contributed by atoms with van der Waals surface area (Å²) in [6.07, 6.45) is 7.30. The Morgan fingerprint density at radius 3 is 2.61 bits per heavy atom. The van der Waals surface area contributed by atoms with Crippen LogP contribution in [-0.4, -0.2) is 25.4 Å². The standard InChI is InChI=1S/C30H30N6OS/c1-19-8-9-21(11-26(19)34-29-35-27(17-38-29)22-7-6-10-31-15-22)28(37)33-24-12-23(30(3,4)5)13-25(14-24)36-16-20(2)32-18-36/h6-18H,1-5H3,(H,33,37)(H,34,35). The summed E-state index contributed by atoms with van der Waals surface area (Å²) < 4.78 is 1.97. The average Bonchev–Trinajstić information content (AvgIpc) is 3.54. The summed E-state index contributed by atoms with van der Waals surface area (Å²) in [5.74, 6) is -0.179. The van der Waals surface area contributed by atoms with Crippen molar-refractivity contribution in [1.82, 2.24) is 19.5 Å². The van der Waals surface area contributed by atoms with Crippen LogP contribution in [-0.2, 0) is 5.41 Å². The van der Waals surface area contributed by atoms with E-state index >= 15 is 0 Å². The Balaban J connectivity index is 1.39. The summed E-state index contributed by atoms with van der Waals surface area (Å²) in [6.45, 7) is 10.4. The molecule has 0 bridgehead atoms. The fourth-order valence-corrected chi connectivity index (χ4v) is 4.75. The maximum Gasteiger partial charge on any atom is 0.255 e. The van der Waals surface area contributed by atoms with Crippen LogP contribution < -0.4 is 10.6 Å². The monoisotopic (exact) mass is 522 g/mol. The van der Waals surface area contributed by atoms with Crippen LogP contribution in [0, 0.1) is 13.8 Å². The van der Waals surface area contributed by atoms with Gasteiger partial charge in [-0.25, -0.2) is 9.97 Å². The van der Waals surface area contributed by atoms with Crippen LogP contribution in [0.3, 0.4) is 0 Å². The van der Waals surface area contributed by atoms with Crippen LogP contribution in [0.4, 0.5) is 16.5 Å². The maximum atomic E-state index is 13.4. The summed E-state index contributed by atoms with van der Waals surface area (Å²) in [5, 5.41) is 9.23. The van der Waals surface area contributed by atoms with Gasteiger partial charge in [0.25, 0.3) is 5.91 Å². The molecule has 38 heavy (non-hydrogen) atoms. The Labute approximate surface area is 226 Å². The third-order valence-electron chi connectivity index (χ3n) is 6.25. The number of aryl methyl sites for hydroxylation is 2. The van der Waals surface area contributed by atoms with Crippen molar-refractivity contribution in [2.24, 2.45) is 0 Å². The zero-order valence-corrected chi connectivity index (χ0v) is 22.9. The molecule has 2 N–H and O–H groups in total. The number of amides is 1. The Morgan fingerprint density at radius 2 is 1.89 bits per heavy atom. The van der Waals surface area contributed by atoms with Gasteiger partial charge in [0.05, 0.1) is 17.7 Å². The number of carbonyl (C=O) groups is 1. The second-order valence-corrected chi connectivity index (χ2v) is 11.2. The molecule has 3 aromatic heterocycles. The van der Waals surface area contributed by atoms with E-state index in [1.807, 2.05) is 72.5 Å². The lowest BCUT2D eigenvalue weighted by Crippen LogP contribution is -2.16. The number of rotatable bonds is 6. The number of hydrogen-bond acceptors (Lipinski definition) is 6. The van der Waals surface area contributed by atoms with E-state index in [1.54, 1.807) is 18.7 Å². The second-order valence-electron chi connectivity index (χ2n) is 10.3. The van der Waals surface area contributed by atoms with E-state index in [0.717, 1.165) is 50.3 Å². The van der Waals surface area contributed by atoms with Crippen LogP contribution in [0.15, 0.2) is 78.8 Å². The van der Waals surface area contributed by atoms with E-state index in [0.29, 0.717) is 5.56 Å². The second kappa shape index (κ2) is 10.2. The third-order valence-corrected chi connectivity index (χ3v) is 7.01. The van der Waals surface area contributed by atoms with Gasteiger partial charge in [-0.2, -0.15) is 0 Å². The highest BCUT2D eigenvalue weighted by Crippen LogP contribution is 2.30. The number of nitrogens with zero attached hydrogens (tertiary/aromatic N) is 4. The number of pyridine rings is 1. The molecule has 1 amide bonds. The molecule has 8 heteroatoms. The van der Waals surface area contributed by atoms with Gasteiger partial charge in [-0.3, -0.25) is 9.78 Å². The minimum atomic E-state index is -0.179. The summed E-state index contributed by atoms with van der Waals surface area (Å²) >= 11 is 1.51. The van der Waals surface area contributed by atoms with Crippen LogP contribution in [0.1, 0.15) is 48.0 Å². The van der Waals surface area contributed by atoms with Crippen molar-refractivity contribution in [2.75, 3.05) is 10.6 Å². The topological polar surface area (TPSA) is 84.7 Å². The molecule has 0 aliphatic rings. The van der Waals surface area contributed by atoms with Gasteiger partial charge in [0.15, 0.2) is 5.13 Å². The minimum Gasteiger partial charge on any atom is -0.331 e. The molecule has 0 aliphatic carbocycles. The number of anilines is 3. The molecule has 0 spiro atoms. The highest BCUT2D eigenvalue weighted by atomic mass is 32.1. The number of carbonyl (C=O) groups excluding carboxylic acids is 1. The lowest BCUT2D eigenvalue weighted by molar-refractivity contribution is 0.102. The molecular weight excluding hydrogens is 492 g/mol. The molecule has 2 aromatic carbocycles. The smallest absolute Gasteiger partial charge is 0.255 e. The van der Waals surface area contributed by atoms with E-state index in [-0.39, 0.29) is 11.3 Å². The van der Waals surface area contributed by atoms with Crippen molar-refractivity contribution in [3.8, 4) is 16.9 Å². The summed E-state index contributed by atoms with van der Waals surface area (Å²) in [4.78, 5) is 26.6. The van der Waals surface area contributed by atoms with Gasteiger partial charge in [-0.15, -0.1) is 11.3 Å². The van der Waals surface area contributed by atoms with E-state index in [4.69, 9.17) is 4.98 Å². The molecule has 3 heterocycles. The predicted octanol–water partition coefficient (Wildman–Crippen LogP) is 7.30. The van der Waals surface area contributed by atoms with Crippen molar-refractivity contribution in [3.05, 3.63) is 101 Å². The summed E-state index contributed by atoms with van der Waals surface area (Å²) in [6, 6.07) is 15.7. The van der Waals surface area contributed by atoms with Gasteiger partial charge in [-0.1, -0.05) is 26.8 Å². The van der Waals surface area contributed by atoms with Crippen LogP contribution in [0.5, 0.6) is 0 Å². The number of thiazole rings is 1. The maximum absolute atomic E-state index is 13.4. The van der Waals surface area contributed by atoms with Crippen LogP contribution >= 0.6 is 11.3 Å². The summed E-state index contributed by atoms with van der Waals surface area (Å²) in [7, 11) is 0. The fraction of sp³-hybridized carbons (Fsp3) is 0.200. The molecule has 5 aromatic rings. The number of benzene rings is 2. The van der Waals surface area contributed by atoms with Crippen molar-refractivity contribution in [2.45, 2.75) is 40.0 Å². The van der Waals surface area contributed by atoms with Crippen molar-refractivity contribution in [1.29, 1.82) is 0 Å². The number of aromatic nitrogens is 4. The molecular formula is C30H30N6OS. The Kier molecular flexibility index (Phi) is 6.82. The zero-order valence-electron chi connectivity index (χ0n) is 22.1. The first-order chi connectivity index (χ1) is 18.2. The van der Waals surface area contributed by atoms with E-state index in [9.17, 15) is 4.79 Å². The quantitative estimate of drug-likeness (QED) is 0.244. The van der Waals surface area contributed by atoms with E-state index in [1.165, 1.54) is 11.3 Å². The Morgan fingerprint density at radius 1 is 1.05 bits per heavy atom. The van der Waals surface area contributed by atoms with Gasteiger partial charge >= 0.3 is 0 Å². The SMILES string of the molecule is Cc1cn(-c2cc(NC(=O)c3ccc(C)c(Nc4nc(-c5cccnc5)cs4)c3)cc(C(C)(C)C)c2)cn1. The highest BCUT2D eigenvalue weighted by molar-refractivity contribution is 7.14. The first-order valence-electron chi connectivity index (χ1n) is 12.4. The average molecular weight is 523 g/mol. The number of imidazole rings is 1. The molecule has 5 rings (SSSR count). The van der Waals surface area contributed by atoms with E-state index < -0.39 is 0 Å². The molecule has 0 unspecified atom stereocenters. The van der Waals surface area contributed by atoms with Crippen molar-refractivity contribution < 1.29 is 4.79 Å². The Bertz CT molecular complexity index is 1600. The molecule has 0 saturated heterocycles. The predicted molar refractivity (Wildman–Crippen MR) is 155 cm³/mol. The fourth-order valence-electron chi connectivity index (χ4n) is 4.02. The molecule has 0 fully saturated rings. The van der Waals surface area contributed by atoms with Gasteiger partial charge in [0, 0.05) is 52.2 Å². The molecule has 7 nitrogen and oxygen atoms in total. The molecule has 0 atom stereocenters. The summed E-state index contributed by atoms with van der Waals surface area (Å²) in [5.41, 5.74) is 7.89. The van der Waals surface area contributed by atoms with E-state index in [2.05, 4.69) is 47.4 Å². The van der Waals surface area contributed by atoms with Crippen LogP contribution in [0.2, 0.25) is 0 Å². The lowest BCUT2D eigenvalue weighted by Gasteiger charge is -2.22. The van der Waals surface area contributed by atoms with Gasteiger partial charge in [0.2, 0.25) is 0 Å². The third kappa shape index (κ3) is 5.65. The van der Waals surface area contributed by atoms with Crippen LogP contribution in [0.25, 0.3) is 16.9 Å². The Hall–Kier alpha value is -4.30. The highest BCUT2D eigenvalue weighted by Gasteiger charge is 2.18. The number of hydrogen-bond donors (Lipinski definition) is 2. The minimum absolute atomic E-state index is 0.0889. The first kappa shape index (κ1) is 25.4. The van der Waals surface area contributed by atoms with Crippen molar-refractivity contribution >= 4 is 33.8 Å². The molecule has 0 radical (unpaired) electrons. The largest absolute Gasteiger partial charge is 0.331 e. The molecule has 0 saturated carbocycles. The van der Waals surface area contributed by atoms with Gasteiger partial charge in [0.1, 0.15) is 0 Å². The molecule has 0 aliphatic heterocycles. The van der Waals surface area contributed by atoms with Crippen molar-refractivity contribution in [3.63, 3.8) is 0 Å². The normalized spacial score (nSPS) is 11.4. The first-order valence-corrected chi connectivity index (χ1v) is 13.3. The zero-order chi connectivity index (χ0) is 26.9.